The van der Waals surface area contributed by atoms with Crippen LogP contribution in [0.5, 0.6) is 5.75 Å². The molecule has 0 amide bonds. The first-order valence-electron chi connectivity index (χ1n) is 5.50. The lowest BCUT2D eigenvalue weighted by atomic mass is 10.0. The number of hydrazine groups is 1. The number of benzene rings is 1. The van der Waals surface area contributed by atoms with Gasteiger partial charge in [0.15, 0.2) is 0 Å². The van der Waals surface area contributed by atoms with Crippen LogP contribution in [0.1, 0.15) is 31.9 Å². The number of ether oxygens (including phenoxy) is 1. The zero-order chi connectivity index (χ0) is 12.0. The third-order valence-corrected chi connectivity index (χ3v) is 2.33. The fourth-order valence-electron chi connectivity index (χ4n) is 1.61. The van der Waals surface area contributed by atoms with E-state index < -0.39 is 0 Å². The van der Waals surface area contributed by atoms with Crippen molar-refractivity contribution in [3.05, 3.63) is 42.0 Å². The van der Waals surface area contributed by atoms with Crippen LogP contribution in [0, 0.1) is 0 Å². The lowest BCUT2D eigenvalue weighted by Crippen LogP contribution is -2.28. The van der Waals surface area contributed by atoms with Crippen LogP contribution < -0.4 is 16.0 Å². The molecule has 3 N–H and O–H groups in total. The van der Waals surface area contributed by atoms with Crippen LogP contribution in [0.2, 0.25) is 0 Å². The van der Waals surface area contributed by atoms with Crippen molar-refractivity contribution >= 4 is 0 Å². The van der Waals surface area contributed by atoms with Crippen molar-refractivity contribution in [1.82, 2.24) is 5.43 Å². The van der Waals surface area contributed by atoms with E-state index in [1.54, 1.807) is 0 Å². The van der Waals surface area contributed by atoms with E-state index in [0.29, 0.717) is 6.61 Å². The van der Waals surface area contributed by atoms with Crippen LogP contribution in [0.4, 0.5) is 0 Å². The Bertz CT molecular complexity index is 350. The Balaban J connectivity index is 2.83. The first-order chi connectivity index (χ1) is 7.67. The van der Waals surface area contributed by atoms with E-state index >= 15 is 0 Å². The molecule has 0 aliphatic carbocycles. The molecule has 0 spiro atoms. The normalized spacial score (nSPS) is 12.2. The minimum atomic E-state index is 0.0953. The topological polar surface area (TPSA) is 47.3 Å². The Morgan fingerprint density at radius 2 is 2.31 bits per heavy atom. The summed E-state index contributed by atoms with van der Waals surface area (Å²) in [5, 5.41) is 0. The Hall–Kier alpha value is -1.32. The zero-order valence-corrected chi connectivity index (χ0v) is 9.99. The van der Waals surface area contributed by atoms with Gasteiger partial charge in [-0.3, -0.25) is 11.3 Å². The lowest BCUT2D eigenvalue weighted by molar-refractivity contribution is 0.339. The fraction of sp³-hybridized carbons (Fsp3) is 0.385. The number of nitrogens with two attached hydrogens (primary N) is 1. The average Bonchev–Trinajstić information content (AvgIpc) is 2.26. The highest BCUT2D eigenvalue weighted by molar-refractivity contribution is 5.31. The maximum absolute atomic E-state index is 5.55. The van der Waals surface area contributed by atoms with Crippen molar-refractivity contribution in [3.8, 4) is 5.75 Å². The molecular weight excluding hydrogens is 200 g/mol. The smallest absolute Gasteiger partial charge is 0.119 e. The number of hydrogen-bond acceptors (Lipinski definition) is 3. The number of rotatable bonds is 6. The highest BCUT2D eigenvalue weighted by Gasteiger charge is 2.10. The SMILES string of the molecule is C=C(C)CC(NN)c1cccc(OCC)c1. The molecule has 3 nitrogen and oxygen atoms in total. The quantitative estimate of drug-likeness (QED) is 0.440. The van der Waals surface area contributed by atoms with E-state index in [4.69, 9.17) is 10.6 Å². The largest absolute Gasteiger partial charge is 0.494 e. The van der Waals surface area contributed by atoms with Gasteiger partial charge < -0.3 is 4.74 Å². The molecule has 0 fully saturated rings. The van der Waals surface area contributed by atoms with Gasteiger partial charge in [0.25, 0.3) is 0 Å². The molecule has 1 aromatic rings. The summed E-state index contributed by atoms with van der Waals surface area (Å²) in [6, 6.07) is 8.06. The molecule has 0 saturated carbocycles. The van der Waals surface area contributed by atoms with Gasteiger partial charge in [-0.1, -0.05) is 17.7 Å². The average molecular weight is 220 g/mol. The van der Waals surface area contributed by atoms with Gasteiger partial charge in [0.1, 0.15) is 5.75 Å². The summed E-state index contributed by atoms with van der Waals surface area (Å²) >= 11 is 0. The lowest BCUT2D eigenvalue weighted by Gasteiger charge is -2.17. The standard InChI is InChI=1S/C13H20N2O/c1-4-16-12-7-5-6-11(9-12)13(15-14)8-10(2)3/h5-7,9,13,15H,2,4,8,14H2,1,3H3. The van der Waals surface area contributed by atoms with Gasteiger partial charge >= 0.3 is 0 Å². The van der Waals surface area contributed by atoms with Crippen LogP contribution in [-0.2, 0) is 0 Å². The van der Waals surface area contributed by atoms with Crippen molar-refractivity contribution in [3.63, 3.8) is 0 Å². The molecule has 0 bridgehead atoms. The molecule has 0 heterocycles. The first-order valence-corrected chi connectivity index (χ1v) is 5.50. The molecule has 1 atom stereocenters. The van der Waals surface area contributed by atoms with Crippen LogP contribution in [0.3, 0.4) is 0 Å². The predicted octanol–water partition coefficient (Wildman–Crippen LogP) is 2.56. The summed E-state index contributed by atoms with van der Waals surface area (Å²) < 4.78 is 5.46. The summed E-state index contributed by atoms with van der Waals surface area (Å²) in [4.78, 5) is 0. The van der Waals surface area contributed by atoms with E-state index in [1.165, 1.54) is 0 Å². The van der Waals surface area contributed by atoms with Crippen molar-refractivity contribution in [1.29, 1.82) is 0 Å². The summed E-state index contributed by atoms with van der Waals surface area (Å²) in [7, 11) is 0. The summed E-state index contributed by atoms with van der Waals surface area (Å²) in [5.74, 6) is 6.42. The maximum Gasteiger partial charge on any atom is 0.119 e. The van der Waals surface area contributed by atoms with Crippen LogP contribution in [0.25, 0.3) is 0 Å². The van der Waals surface area contributed by atoms with Gasteiger partial charge in [-0.05, 0) is 38.0 Å². The first kappa shape index (κ1) is 12.7. The molecular formula is C13H20N2O. The third kappa shape index (κ3) is 3.68. The van der Waals surface area contributed by atoms with E-state index in [9.17, 15) is 0 Å². The minimum absolute atomic E-state index is 0.0953. The van der Waals surface area contributed by atoms with Crippen molar-refractivity contribution < 1.29 is 4.74 Å². The molecule has 1 unspecified atom stereocenters. The van der Waals surface area contributed by atoms with Gasteiger partial charge in [0, 0.05) is 6.04 Å². The second-order valence-corrected chi connectivity index (χ2v) is 3.89. The van der Waals surface area contributed by atoms with Crippen LogP contribution in [-0.4, -0.2) is 6.61 Å². The molecule has 16 heavy (non-hydrogen) atoms. The summed E-state index contributed by atoms with van der Waals surface area (Å²) in [6.45, 7) is 8.54. The van der Waals surface area contributed by atoms with Gasteiger partial charge in [-0.15, -0.1) is 6.58 Å². The molecule has 1 aromatic carbocycles. The van der Waals surface area contributed by atoms with Crippen molar-refractivity contribution in [2.75, 3.05) is 6.61 Å². The molecule has 0 aliphatic rings. The van der Waals surface area contributed by atoms with E-state index in [-0.39, 0.29) is 6.04 Å². The zero-order valence-electron chi connectivity index (χ0n) is 9.99. The molecule has 3 heteroatoms. The molecule has 0 aliphatic heterocycles. The van der Waals surface area contributed by atoms with Gasteiger partial charge in [0.05, 0.1) is 6.61 Å². The monoisotopic (exact) mass is 220 g/mol. The second-order valence-electron chi connectivity index (χ2n) is 3.89. The molecule has 0 aromatic heterocycles. The summed E-state index contributed by atoms with van der Waals surface area (Å²) in [6.07, 6.45) is 0.825. The minimum Gasteiger partial charge on any atom is -0.494 e. The molecule has 0 saturated heterocycles. The highest BCUT2D eigenvalue weighted by Crippen LogP contribution is 2.23. The highest BCUT2D eigenvalue weighted by atomic mass is 16.5. The number of hydrogen-bond donors (Lipinski definition) is 2. The number of nitrogens with one attached hydrogen (secondary N) is 1. The Labute approximate surface area is 97.3 Å². The molecule has 1 rings (SSSR count). The Morgan fingerprint density at radius 1 is 1.56 bits per heavy atom. The van der Waals surface area contributed by atoms with E-state index in [2.05, 4.69) is 12.0 Å². The van der Waals surface area contributed by atoms with Crippen molar-refractivity contribution in [2.45, 2.75) is 26.3 Å². The van der Waals surface area contributed by atoms with Gasteiger partial charge in [-0.25, -0.2) is 0 Å². The van der Waals surface area contributed by atoms with Crippen molar-refractivity contribution in [2.24, 2.45) is 5.84 Å². The fourth-order valence-corrected chi connectivity index (χ4v) is 1.61. The van der Waals surface area contributed by atoms with Gasteiger partial charge in [-0.2, -0.15) is 0 Å². The Kier molecular flexibility index (Phi) is 5.02. The maximum atomic E-state index is 5.55. The predicted molar refractivity (Wildman–Crippen MR) is 67.1 cm³/mol. The van der Waals surface area contributed by atoms with Crippen LogP contribution in [0.15, 0.2) is 36.4 Å². The van der Waals surface area contributed by atoms with E-state index in [1.807, 2.05) is 38.1 Å². The summed E-state index contributed by atoms with van der Waals surface area (Å²) in [5.41, 5.74) is 5.03. The Morgan fingerprint density at radius 3 is 2.88 bits per heavy atom. The third-order valence-electron chi connectivity index (χ3n) is 2.33. The second kappa shape index (κ2) is 6.30. The van der Waals surface area contributed by atoms with Crippen LogP contribution >= 0.6 is 0 Å². The van der Waals surface area contributed by atoms with Gasteiger partial charge in [0.2, 0.25) is 0 Å². The molecule has 88 valence electrons. The molecule has 0 radical (unpaired) electrons. The van der Waals surface area contributed by atoms with E-state index in [0.717, 1.165) is 23.3 Å².